The first-order chi connectivity index (χ1) is 12.2. The highest BCUT2D eigenvalue weighted by Gasteiger charge is 2.18. The molecule has 2 aromatic heterocycles. The Morgan fingerprint density at radius 2 is 2.08 bits per heavy atom. The molecule has 3 heterocycles. The summed E-state index contributed by atoms with van der Waals surface area (Å²) in [7, 11) is 0. The summed E-state index contributed by atoms with van der Waals surface area (Å²) in [6, 6.07) is 9.85. The first-order valence-corrected chi connectivity index (χ1v) is 8.46. The quantitative estimate of drug-likeness (QED) is 0.793. The van der Waals surface area contributed by atoms with Crippen LogP contribution in [0.2, 0.25) is 0 Å². The van der Waals surface area contributed by atoms with E-state index in [4.69, 9.17) is 0 Å². The number of aryl methyl sites for hydroxylation is 1. The second-order valence-electron chi connectivity index (χ2n) is 6.24. The SMILES string of the molecule is CC(=O)N1CCCn2nc(CNc3cnc4ccccc4n3)cc2C1. The van der Waals surface area contributed by atoms with Gasteiger partial charge in [0.25, 0.3) is 0 Å². The maximum Gasteiger partial charge on any atom is 0.219 e. The summed E-state index contributed by atoms with van der Waals surface area (Å²) in [6.07, 6.45) is 2.66. The van der Waals surface area contributed by atoms with Gasteiger partial charge in [0.05, 0.1) is 41.7 Å². The minimum absolute atomic E-state index is 0.112. The molecule has 4 rings (SSSR count). The van der Waals surface area contributed by atoms with Gasteiger partial charge >= 0.3 is 0 Å². The molecule has 7 nitrogen and oxygen atoms in total. The van der Waals surface area contributed by atoms with Crippen LogP contribution in [0.4, 0.5) is 5.82 Å². The molecule has 3 aromatic rings. The van der Waals surface area contributed by atoms with Crippen LogP contribution in [0.15, 0.2) is 36.5 Å². The standard InChI is InChI=1S/C18H20N6O/c1-13(25)23-7-4-8-24-15(12-23)9-14(22-24)10-20-18-11-19-16-5-2-3-6-17(16)21-18/h2-3,5-6,9,11H,4,7-8,10,12H2,1H3,(H,20,21). The summed E-state index contributed by atoms with van der Waals surface area (Å²) >= 11 is 0. The largest absolute Gasteiger partial charge is 0.363 e. The Bertz CT molecular complexity index is 919. The Morgan fingerprint density at radius 3 is 2.92 bits per heavy atom. The third-order valence-electron chi connectivity index (χ3n) is 4.41. The number of carbonyl (C=O) groups excluding carboxylic acids is 1. The van der Waals surface area contributed by atoms with Gasteiger partial charge in [-0.15, -0.1) is 0 Å². The first kappa shape index (κ1) is 15.6. The topological polar surface area (TPSA) is 75.9 Å². The van der Waals surface area contributed by atoms with Crippen LogP contribution in [0.1, 0.15) is 24.7 Å². The molecular weight excluding hydrogens is 316 g/mol. The normalized spacial score (nSPS) is 14.2. The number of fused-ring (bicyclic) bond motifs is 2. The van der Waals surface area contributed by atoms with Crippen molar-refractivity contribution in [3.05, 3.63) is 47.9 Å². The molecule has 1 aliphatic heterocycles. The number of aromatic nitrogens is 4. The number of hydrogen-bond donors (Lipinski definition) is 1. The van der Waals surface area contributed by atoms with Crippen LogP contribution >= 0.6 is 0 Å². The van der Waals surface area contributed by atoms with Gasteiger partial charge in [0.2, 0.25) is 5.91 Å². The number of hydrogen-bond acceptors (Lipinski definition) is 5. The maximum absolute atomic E-state index is 11.7. The van der Waals surface area contributed by atoms with E-state index in [1.54, 1.807) is 13.1 Å². The van der Waals surface area contributed by atoms with Crippen molar-refractivity contribution in [3.63, 3.8) is 0 Å². The van der Waals surface area contributed by atoms with Crippen LogP contribution in [-0.2, 0) is 24.4 Å². The fourth-order valence-electron chi connectivity index (χ4n) is 3.10. The van der Waals surface area contributed by atoms with E-state index in [1.165, 1.54) is 0 Å². The summed E-state index contributed by atoms with van der Waals surface area (Å²) in [5.74, 6) is 0.841. The van der Waals surface area contributed by atoms with Gasteiger partial charge < -0.3 is 10.2 Å². The summed E-state index contributed by atoms with van der Waals surface area (Å²) in [4.78, 5) is 22.5. The van der Waals surface area contributed by atoms with Crippen LogP contribution in [0, 0.1) is 0 Å². The second kappa shape index (κ2) is 6.51. The zero-order chi connectivity index (χ0) is 17.2. The average Bonchev–Trinajstić information content (AvgIpc) is 2.89. The minimum atomic E-state index is 0.112. The van der Waals surface area contributed by atoms with Crippen molar-refractivity contribution < 1.29 is 4.79 Å². The number of nitrogens with zero attached hydrogens (tertiary/aromatic N) is 5. The lowest BCUT2D eigenvalue weighted by Crippen LogP contribution is -2.28. The van der Waals surface area contributed by atoms with Crippen molar-refractivity contribution in [2.45, 2.75) is 33.0 Å². The van der Waals surface area contributed by atoms with Crippen molar-refractivity contribution >= 4 is 22.8 Å². The Kier molecular flexibility index (Phi) is 4.05. The first-order valence-electron chi connectivity index (χ1n) is 8.46. The fourth-order valence-corrected chi connectivity index (χ4v) is 3.10. The van der Waals surface area contributed by atoms with Gasteiger partial charge in [-0.05, 0) is 24.6 Å². The van der Waals surface area contributed by atoms with E-state index in [9.17, 15) is 4.79 Å². The Morgan fingerprint density at radius 1 is 1.24 bits per heavy atom. The highest BCUT2D eigenvalue weighted by atomic mass is 16.2. The third kappa shape index (κ3) is 3.31. The zero-order valence-corrected chi connectivity index (χ0v) is 14.1. The van der Waals surface area contributed by atoms with Gasteiger partial charge in [-0.3, -0.25) is 14.5 Å². The molecule has 1 amide bonds. The van der Waals surface area contributed by atoms with Crippen LogP contribution in [-0.4, -0.2) is 37.1 Å². The van der Waals surface area contributed by atoms with Gasteiger partial charge in [0.1, 0.15) is 5.82 Å². The molecule has 1 aliphatic rings. The van der Waals surface area contributed by atoms with E-state index < -0.39 is 0 Å². The maximum atomic E-state index is 11.7. The van der Waals surface area contributed by atoms with Crippen molar-refractivity contribution in [2.24, 2.45) is 0 Å². The number of anilines is 1. The molecule has 0 saturated heterocycles. The van der Waals surface area contributed by atoms with Gasteiger partial charge in [0.15, 0.2) is 0 Å². The van der Waals surface area contributed by atoms with Crippen LogP contribution < -0.4 is 5.32 Å². The van der Waals surface area contributed by atoms with Gasteiger partial charge in [0, 0.05) is 20.0 Å². The lowest BCUT2D eigenvalue weighted by molar-refractivity contribution is -0.129. The number of para-hydroxylation sites is 2. The number of benzene rings is 1. The van der Waals surface area contributed by atoms with Crippen molar-refractivity contribution in [1.29, 1.82) is 0 Å². The highest BCUT2D eigenvalue weighted by molar-refractivity contribution is 5.75. The molecule has 1 N–H and O–H groups in total. The number of carbonyl (C=O) groups is 1. The Labute approximate surface area is 145 Å². The van der Waals surface area contributed by atoms with E-state index in [1.807, 2.05) is 33.8 Å². The lowest BCUT2D eigenvalue weighted by Gasteiger charge is -2.17. The van der Waals surface area contributed by atoms with Crippen molar-refractivity contribution in [1.82, 2.24) is 24.6 Å². The van der Waals surface area contributed by atoms with Crippen LogP contribution in [0.5, 0.6) is 0 Å². The summed E-state index contributed by atoms with van der Waals surface area (Å²) in [5, 5.41) is 7.93. The Balaban J connectivity index is 1.48. The second-order valence-corrected chi connectivity index (χ2v) is 6.24. The molecule has 1 aromatic carbocycles. The Hall–Kier alpha value is -2.96. The number of amides is 1. The van der Waals surface area contributed by atoms with E-state index in [0.717, 1.165) is 47.7 Å². The molecule has 0 spiro atoms. The molecule has 0 aliphatic carbocycles. The average molecular weight is 336 g/mol. The molecule has 0 radical (unpaired) electrons. The zero-order valence-electron chi connectivity index (χ0n) is 14.1. The monoisotopic (exact) mass is 336 g/mol. The number of nitrogens with one attached hydrogen (secondary N) is 1. The molecule has 25 heavy (non-hydrogen) atoms. The summed E-state index contributed by atoms with van der Waals surface area (Å²) < 4.78 is 2.01. The van der Waals surface area contributed by atoms with E-state index >= 15 is 0 Å². The predicted octanol–water partition coefficient (Wildman–Crippen LogP) is 2.19. The molecule has 128 valence electrons. The van der Waals surface area contributed by atoms with E-state index in [0.29, 0.717) is 13.1 Å². The van der Waals surface area contributed by atoms with Gasteiger partial charge in [-0.2, -0.15) is 5.10 Å². The summed E-state index contributed by atoms with van der Waals surface area (Å²) in [6.45, 7) is 4.45. The van der Waals surface area contributed by atoms with E-state index in [2.05, 4.69) is 26.4 Å². The smallest absolute Gasteiger partial charge is 0.219 e. The predicted molar refractivity (Wildman–Crippen MR) is 94.8 cm³/mol. The summed E-state index contributed by atoms with van der Waals surface area (Å²) in [5.41, 5.74) is 3.76. The molecule has 0 bridgehead atoms. The van der Waals surface area contributed by atoms with Gasteiger partial charge in [-0.25, -0.2) is 4.98 Å². The minimum Gasteiger partial charge on any atom is -0.363 e. The molecule has 0 saturated carbocycles. The molecule has 0 fully saturated rings. The number of rotatable bonds is 3. The van der Waals surface area contributed by atoms with Crippen molar-refractivity contribution in [3.8, 4) is 0 Å². The van der Waals surface area contributed by atoms with Crippen LogP contribution in [0.25, 0.3) is 11.0 Å². The third-order valence-corrected chi connectivity index (χ3v) is 4.41. The van der Waals surface area contributed by atoms with Crippen LogP contribution in [0.3, 0.4) is 0 Å². The molecule has 7 heteroatoms. The molecule has 0 unspecified atom stereocenters. The highest BCUT2D eigenvalue weighted by Crippen LogP contribution is 2.16. The molecule has 0 atom stereocenters. The molecular formula is C18H20N6O. The lowest BCUT2D eigenvalue weighted by atomic mass is 10.3. The van der Waals surface area contributed by atoms with E-state index in [-0.39, 0.29) is 5.91 Å². The van der Waals surface area contributed by atoms with Crippen molar-refractivity contribution in [2.75, 3.05) is 11.9 Å². The van der Waals surface area contributed by atoms with Gasteiger partial charge in [-0.1, -0.05) is 12.1 Å². The fraction of sp³-hybridized carbons (Fsp3) is 0.333.